The van der Waals surface area contributed by atoms with Gasteiger partial charge in [0.2, 0.25) is 0 Å². The largest absolute Gasteiger partial charge is 0.372 e. The molecule has 2 saturated heterocycles. The maximum Gasteiger partial charge on any atom is 0.0290 e. The lowest BCUT2D eigenvalue weighted by atomic mass is 10.1. The molecule has 0 saturated carbocycles. The molecule has 0 aromatic rings. The van der Waals surface area contributed by atoms with Crippen LogP contribution in [0.4, 0.5) is 0 Å². The maximum absolute atomic E-state index is 4.11. The summed E-state index contributed by atoms with van der Waals surface area (Å²) in [6, 6.07) is 0.866. The van der Waals surface area contributed by atoms with E-state index in [1.807, 2.05) is 0 Å². The molecule has 0 N–H and O–H groups in total. The molecule has 0 aliphatic carbocycles. The molecule has 2 heterocycles. The van der Waals surface area contributed by atoms with E-state index in [0.717, 1.165) is 6.04 Å². The first-order valence-corrected chi connectivity index (χ1v) is 4.82. The summed E-state index contributed by atoms with van der Waals surface area (Å²) in [5.41, 5.74) is 1.40. The highest BCUT2D eigenvalue weighted by Gasteiger charge is 2.27. The second kappa shape index (κ2) is 2.88. The molecule has 1 unspecified atom stereocenters. The predicted molar refractivity (Wildman–Crippen MR) is 47.3 cm³/mol. The van der Waals surface area contributed by atoms with Gasteiger partial charge in [0.25, 0.3) is 0 Å². The van der Waals surface area contributed by atoms with Crippen LogP contribution in [-0.4, -0.2) is 17.5 Å². The minimum atomic E-state index is 0.866. The Bertz CT molecular complexity index is 162. The van der Waals surface area contributed by atoms with Gasteiger partial charge >= 0.3 is 0 Å². The molecule has 2 fully saturated rings. The van der Waals surface area contributed by atoms with Crippen LogP contribution in [0.15, 0.2) is 12.3 Å². The van der Waals surface area contributed by atoms with Crippen LogP contribution in [0, 0.1) is 0 Å². The number of hydrogen-bond acceptors (Lipinski definition) is 1. The number of rotatable bonds is 0. The lowest BCUT2D eigenvalue weighted by Crippen LogP contribution is -2.26. The van der Waals surface area contributed by atoms with Crippen molar-refractivity contribution < 1.29 is 0 Å². The quantitative estimate of drug-likeness (QED) is 0.514. The van der Waals surface area contributed by atoms with Crippen LogP contribution in [-0.2, 0) is 0 Å². The molecule has 0 amide bonds. The monoisotopic (exact) mass is 151 g/mol. The van der Waals surface area contributed by atoms with Crippen LogP contribution >= 0.6 is 0 Å². The van der Waals surface area contributed by atoms with Crippen LogP contribution in [0.5, 0.6) is 0 Å². The van der Waals surface area contributed by atoms with Gasteiger partial charge in [0, 0.05) is 18.3 Å². The van der Waals surface area contributed by atoms with E-state index in [-0.39, 0.29) is 0 Å². The smallest absolute Gasteiger partial charge is 0.0290 e. The number of fused-ring (bicyclic) bond motifs is 1. The van der Waals surface area contributed by atoms with Gasteiger partial charge in [-0.1, -0.05) is 19.4 Å². The van der Waals surface area contributed by atoms with Crippen LogP contribution < -0.4 is 0 Å². The summed E-state index contributed by atoms with van der Waals surface area (Å²) in [6.45, 7) is 5.39. The fourth-order valence-electron chi connectivity index (χ4n) is 2.37. The summed E-state index contributed by atoms with van der Waals surface area (Å²) in [5, 5.41) is 0. The highest BCUT2D eigenvalue weighted by atomic mass is 15.2. The molecule has 0 bridgehead atoms. The van der Waals surface area contributed by atoms with E-state index in [4.69, 9.17) is 0 Å². The summed E-state index contributed by atoms with van der Waals surface area (Å²) in [5.74, 6) is 0. The predicted octanol–water partition coefficient (Wildman–Crippen LogP) is 2.54. The van der Waals surface area contributed by atoms with E-state index in [1.165, 1.54) is 50.8 Å². The maximum atomic E-state index is 4.11. The van der Waals surface area contributed by atoms with Crippen LogP contribution in [0.25, 0.3) is 0 Å². The molecule has 0 spiro atoms. The Balaban J connectivity index is 2.06. The first-order chi connectivity index (χ1) is 5.38. The van der Waals surface area contributed by atoms with Gasteiger partial charge < -0.3 is 4.90 Å². The second-order valence-electron chi connectivity index (χ2n) is 3.80. The first kappa shape index (κ1) is 7.20. The summed E-state index contributed by atoms with van der Waals surface area (Å²) < 4.78 is 0. The van der Waals surface area contributed by atoms with Crippen molar-refractivity contribution in [1.82, 2.24) is 4.90 Å². The average Bonchev–Trinajstić information content (AvgIpc) is 2.25. The molecular formula is C10H17N. The summed E-state index contributed by atoms with van der Waals surface area (Å²) >= 11 is 0. The van der Waals surface area contributed by atoms with Crippen molar-refractivity contribution in [1.29, 1.82) is 0 Å². The molecule has 0 aromatic carbocycles. The molecule has 62 valence electrons. The normalized spacial score (nSPS) is 31.8. The fourth-order valence-corrected chi connectivity index (χ4v) is 2.37. The molecule has 2 aliphatic heterocycles. The fraction of sp³-hybridized carbons (Fsp3) is 0.800. The van der Waals surface area contributed by atoms with E-state index in [2.05, 4.69) is 11.5 Å². The van der Waals surface area contributed by atoms with Crippen LogP contribution in [0.3, 0.4) is 0 Å². The zero-order valence-corrected chi connectivity index (χ0v) is 7.18. The molecule has 1 nitrogen and oxygen atoms in total. The molecule has 0 aromatic heterocycles. The Labute approximate surface area is 69.1 Å². The van der Waals surface area contributed by atoms with Gasteiger partial charge in [-0.05, 0) is 25.7 Å². The molecule has 2 aliphatic rings. The highest BCUT2D eigenvalue weighted by molar-refractivity contribution is 5.04. The molecule has 1 heteroatoms. The van der Waals surface area contributed by atoms with E-state index in [9.17, 15) is 0 Å². The third kappa shape index (κ3) is 1.29. The zero-order valence-electron chi connectivity index (χ0n) is 7.18. The second-order valence-corrected chi connectivity index (χ2v) is 3.80. The third-order valence-corrected chi connectivity index (χ3v) is 3.05. The first-order valence-electron chi connectivity index (χ1n) is 4.82. The van der Waals surface area contributed by atoms with Crippen molar-refractivity contribution in [3.8, 4) is 0 Å². The minimum absolute atomic E-state index is 0.866. The Kier molecular flexibility index (Phi) is 1.89. The number of nitrogens with zero attached hydrogens (tertiary/aromatic N) is 1. The summed E-state index contributed by atoms with van der Waals surface area (Å²) in [7, 11) is 0. The van der Waals surface area contributed by atoms with E-state index in [1.54, 1.807) is 0 Å². The van der Waals surface area contributed by atoms with Gasteiger partial charge in [-0.3, -0.25) is 0 Å². The number of hydrogen-bond donors (Lipinski definition) is 0. The van der Waals surface area contributed by atoms with Crippen molar-refractivity contribution in [2.24, 2.45) is 0 Å². The van der Waals surface area contributed by atoms with Crippen molar-refractivity contribution >= 4 is 0 Å². The van der Waals surface area contributed by atoms with Crippen molar-refractivity contribution in [3.63, 3.8) is 0 Å². The molecular weight excluding hydrogens is 134 g/mol. The third-order valence-electron chi connectivity index (χ3n) is 3.05. The van der Waals surface area contributed by atoms with Gasteiger partial charge in [0.15, 0.2) is 0 Å². The molecule has 0 radical (unpaired) electrons. The van der Waals surface area contributed by atoms with Crippen molar-refractivity contribution in [3.05, 3.63) is 12.3 Å². The van der Waals surface area contributed by atoms with Gasteiger partial charge in [-0.15, -0.1) is 0 Å². The Morgan fingerprint density at radius 3 is 3.00 bits per heavy atom. The summed E-state index contributed by atoms with van der Waals surface area (Å²) in [4.78, 5) is 2.55. The van der Waals surface area contributed by atoms with Crippen LogP contribution in [0.1, 0.15) is 38.5 Å². The van der Waals surface area contributed by atoms with E-state index in [0.29, 0.717) is 0 Å². The highest BCUT2D eigenvalue weighted by Crippen LogP contribution is 2.31. The zero-order chi connectivity index (χ0) is 7.68. The van der Waals surface area contributed by atoms with Gasteiger partial charge in [0.1, 0.15) is 0 Å². The average molecular weight is 151 g/mol. The van der Waals surface area contributed by atoms with Gasteiger partial charge in [-0.25, -0.2) is 0 Å². The number of allylic oxidation sites excluding steroid dienone is 1. The van der Waals surface area contributed by atoms with Crippen LogP contribution in [0.2, 0.25) is 0 Å². The Morgan fingerprint density at radius 1 is 1.18 bits per heavy atom. The summed E-state index contributed by atoms with van der Waals surface area (Å²) in [6.07, 6.45) is 8.30. The van der Waals surface area contributed by atoms with E-state index >= 15 is 0 Å². The molecule has 1 atom stereocenters. The Morgan fingerprint density at radius 2 is 2.09 bits per heavy atom. The molecule has 11 heavy (non-hydrogen) atoms. The van der Waals surface area contributed by atoms with Gasteiger partial charge in [-0.2, -0.15) is 0 Å². The SMILES string of the molecule is C=C1CCC2CCCCCN12. The lowest BCUT2D eigenvalue weighted by molar-refractivity contribution is 0.300. The van der Waals surface area contributed by atoms with Crippen molar-refractivity contribution in [2.75, 3.05) is 6.54 Å². The standard InChI is InChI=1S/C10H17N/c1-9-6-7-10-5-3-2-4-8-11(9)10/h10H,1-8H2. The van der Waals surface area contributed by atoms with Crippen molar-refractivity contribution in [2.45, 2.75) is 44.6 Å². The molecule has 2 rings (SSSR count). The van der Waals surface area contributed by atoms with E-state index < -0.39 is 0 Å². The lowest BCUT2D eigenvalue weighted by Gasteiger charge is -2.24. The Hall–Kier alpha value is -0.460. The van der Waals surface area contributed by atoms with Gasteiger partial charge in [0.05, 0.1) is 0 Å². The minimum Gasteiger partial charge on any atom is -0.372 e. The topological polar surface area (TPSA) is 3.24 Å².